The van der Waals surface area contributed by atoms with Crippen LogP contribution >= 0.6 is 0 Å². The van der Waals surface area contributed by atoms with Gasteiger partial charge in [0.25, 0.3) is 0 Å². The second kappa shape index (κ2) is 5.04. The van der Waals surface area contributed by atoms with E-state index >= 15 is 0 Å². The summed E-state index contributed by atoms with van der Waals surface area (Å²) in [5.41, 5.74) is 3.76. The van der Waals surface area contributed by atoms with Crippen LogP contribution in [0.1, 0.15) is 11.1 Å². The van der Waals surface area contributed by atoms with E-state index in [1.807, 2.05) is 12.3 Å². The van der Waals surface area contributed by atoms with Gasteiger partial charge in [0.05, 0.1) is 18.7 Å². The summed E-state index contributed by atoms with van der Waals surface area (Å²) in [6, 6.07) is 8.59. The van der Waals surface area contributed by atoms with E-state index in [4.69, 9.17) is 4.74 Å². The third-order valence-corrected chi connectivity index (χ3v) is 3.43. The maximum absolute atomic E-state index is 5.39. The van der Waals surface area contributed by atoms with Crippen molar-refractivity contribution in [2.75, 3.05) is 26.3 Å². The van der Waals surface area contributed by atoms with E-state index in [0.717, 1.165) is 38.4 Å². The standard InChI is InChI=1S/C15H18N2O/c1-12-9-13-3-2-4-16-15(13)14(10-12)11-17-5-7-18-8-6-17/h2-4,9-10H,5-8,11H2,1H3. The van der Waals surface area contributed by atoms with E-state index in [9.17, 15) is 0 Å². The number of aromatic nitrogens is 1. The monoisotopic (exact) mass is 242 g/mol. The Balaban J connectivity index is 1.94. The molecule has 3 heteroatoms. The third kappa shape index (κ3) is 2.37. The molecule has 0 amide bonds. The first-order valence-corrected chi connectivity index (χ1v) is 6.47. The molecule has 0 N–H and O–H groups in total. The first-order valence-electron chi connectivity index (χ1n) is 6.47. The molecule has 1 aromatic carbocycles. The first-order chi connectivity index (χ1) is 8.83. The molecule has 3 nitrogen and oxygen atoms in total. The quantitative estimate of drug-likeness (QED) is 0.808. The van der Waals surface area contributed by atoms with Crippen molar-refractivity contribution in [2.45, 2.75) is 13.5 Å². The van der Waals surface area contributed by atoms with Gasteiger partial charge in [-0.3, -0.25) is 9.88 Å². The Morgan fingerprint density at radius 1 is 1.28 bits per heavy atom. The van der Waals surface area contributed by atoms with Crippen molar-refractivity contribution in [3.8, 4) is 0 Å². The topological polar surface area (TPSA) is 25.4 Å². The van der Waals surface area contributed by atoms with Gasteiger partial charge in [-0.1, -0.05) is 17.7 Å². The van der Waals surface area contributed by atoms with Crippen molar-refractivity contribution >= 4 is 10.9 Å². The molecule has 0 unspecified atom stereocenters. The molecule has 3 rings (SSSR count). The number of pyridine rings is 1. The molecular weight excluding hydrogens is 224 g/mol. The van der Waals surface area contributed by atoms with Gasteiger partial charge in [0.1, 0.15) is 0 Å². The number of morpholine rings is 1. The Morgan fingerprint density at radius 3 is 2.94 bits per heavy atom. The lowest BCUT2D eigenvalue weighted by Gasteiger charge is -2.27. The van der Waals surface area contributed by atoms with Crippen LogP contribution in [0, 0.1) is 6.92 Å². The largest absolute Gasteiger partial charge is 0.379 e. The van der Waals surface area contributed by atoms with Crippen molar-refractivity contribution in [1.82, 2.24) is 9.88 Å². The maximum Gasteiger partial charge on any atom is 0.0747 e. The molecule has 0 spiro atoms. The molecule has 0 saturated carbocycles. The van der Waals surface area contributed by atoms with Gasteiger partial charge >= 0.3 is 0 Å². The van der Waals surface area contributed by atoms with Crippen LogP contribution in [0.25, 0.3) is 10.9 Å². The van der Waals surface area contributed by atoms with Crippen LogP contribution in [-0.2, 0) is 11.3 Å². The van der Waals surface area contributed by atoms with Crippen LogP contribution in [0.5, 0.6) is 0 Å². The highest BCUT2D eigenvalue weighted by Crippen LogP contribution is 2.20. The van der Waals surface area contributed by atoms with Crippen LogP contribution in [-0.4, -0.2) is 36.2 Å². The summed E-state index contributed by atoms with van der Waals surface area (Å²) in [5.74, 6) is 0. The van der Waals surface area contributed by atoms with Crippen molar-refractivity contribution in [3.05, 3.63) is 41.6 Å². The van der Waals surface area contributed by atoms with Gasteiger partial charge in [-0.25, -0.2) is 0 Å². The zero-order valence-corrected chi connectivity index (χ0v) is 10.7. The van der Waals surface area contributed by atoms with Gasteiger partial charge in [-0.05, 0) is 24.6 Å². The lowest BCUT2D eigenvalue weighted by Crippen LogP contribution is -2.35. The summed E-state index contributed by atoms with van der Waals surface area (Å²) in [6.45, 7) is 6.84. The van der Waals surface area contributed by atoms with E-state index in [2.05, 4.69) is 35.0 Å². The molecule has 1 fully saturated rings. The van der Waals surface area contributed by atoms with Crippen LogP contribution in [0.15, 0.2) is 30.5 Å². The Hall–Kier alpha value is -1.45. The minimum atomic E-state index is 0.844. The number of fused-ring (bicyclic) bond motifs is 1. The summed E-state index contributed by atoms with van der Waals surface area (Å²) >= 11 is 0. The lowest BCUT2D eigenvalue weighted by atomic mass is 10.1. The normalized spacial score (nSPS) is 17.2. The van der Waals surface area contributed by atoms with E-state index in [0.29, 0.717) is 0 Å². The average molecular weight is 242 g/mol. The van der Waals surface area contributed by atoms with E-state index < -0.39 is 0 Å². The first kappa shape index (κ1) is 11.6. The number of ether oxygens (including phenoxy) is 1. The molecule has 2 aromatic rings. The highest BCUT2D eigenvalue weighted by molar-refractivity contribution is 5.82. The third-order valence-electron chi connectivity index (χ3n) is 3.43. The van der Waals surface area contributed by atoms with Gasteiger partial charge in [0.2, 0.25) is 0 Å². The molecule has 0 aliphatic carbocycles. The Labute approximate surface area is 107 Å². The lowest BCUT2D eigenvalue weighted by molar-refractivity contribution is 0.0343. The van der Waals surface area contributed by atoms with Gasteiger partial charge in [0, 0.05) is 31.2 Å². The van der Waals surface area contributed by atoms with Gasteiger partial charge in [0.15, 0.2) is 0 Å². The fraction of sp³-hybridized carbons (Fsp3) is 0.400. The number of benzene rings is 1. The number of rotatable bonds is 2. The van der Waals surface area contributed by atoms with E-state index in [1.165, 1.54) is 16.5 Å². The SMILES string of the molecule is Cc1cc(CN2CCOCC2)c2ncccc2c1. The zero-order chi connectivity index (χ0) is 12.4. The van der Waals surface area contributed by atoms with Crippen molar-refractivity contribution in [3.63, 3.8) is 0 Å². The number of aryl methyl sites for hydroxylation is 1. The highest BCUT2D eigenvalue weighted by Gasteiger charge is 2.13. The Kier molecular flexibility index (Phi) is 3.26. The van der Waals surface area contributed by atoms with Crippen molar-refractivity contribution in [2.24, 2.45) is 0 Å². The molecule has 1 aliphatic rings. The van der Waals surface area contributed by atoms with Gasteiger partial charge in [-0.2, -0.15) is 0 Å². The molecule has 0 atom stereocenters. The minimum absolute atomic E-state index is 0.844. The summed E-state index contributed by atoms with van der Waals surface area (Å²) in [5, 5.41) is 1.24. The minimum Gasteiger partial charge on any atom is -0.379 e. The number of hydrogen-bond donors (Lipinski definition) is 0. The zero-order valence-electron chi connectivity index (χ0n) is 10.7. The van der Waals surface area contributed by atoms with Gasteiger partial charge < -0.3 is 4.74 Å². The van der Waals surface area contributed by atoms with Crippen LogP contribution in [0.4, 0.5) is 0 Å². The van der Waals surface area contributed by atoms with Gasteiger partial charge in [-0.15, -0.1) is 0 Å². The van der Waals surface area contributed by atoms with E-state index in [1.54, 1.807) is 0 Å². The van der Waals surface area contributed by atoms with Crippen molar-refractivity contribution < 1.29 is 4.74 Å². The molecule has 1 aromatic heterocycles. The van der Waals surface area contributed by atoms with E-state index in [-0.39, 0.29) is 0 Å². The fourth-order valence-corrected chi connectivity index (χ4v) is 2.55. The highest BCUT2D eigenvalue weighted by atomic mass is 16.5. The Morgan fingerprint density at radius 2 is 2.11 bits per heavy atom. The van der Waals surface area contributed by atoms with Crippen LogP contribution < -0.4 is 0 Å². The van der Waals surface area contributed by atoms with Crippen LogP contribution in [0.3, 0.4) is 0 Å². The predicted molar refractivity (Wildman–Crippen MR) is 72.6 cm³/mol. The smallest absolute Gasteiger partial charge is 0.0747 e. The molecule has 18 heavy (non-hydrogen) atoms. The molecule has 2 heterocycles. The molecule has 1 aliphatic heterocycles. The van der Waals surface area contributed by atoms with Crippen molar-refractivity contribution in [1.29, 1.82) is 0 Å². The maximum atomic E-state index is 5.39. The second-order valence-corrected chi connectivity index (χ2v) is 4.89. The molecule has 1 saturated heterocycles. The molecule has 94 valence electrons. The average Bonchev–Trinajstić information content (AvgIpc) is 2.40. The predicted octanol–water partition coefficient (Wildman–Crippen LogP) is 2.38. The molecule has 0 radical (unpaired) electrons. The number of hydrogen-bond acceptors (Lipinski definition) is 3. The molecular formula is C15H18N2O. The number of nitrogens with zero attached hydrogens (tertiary/aromatic N) is 2. The second-order valence-electron chi connectivity index (χ2n) is 4.89. The summed E-state index contributed by atoms with van der Waals surface area (Å²) in [6.07, 6.45) is 1.88. The molecule has 0 bridgehead atoms. The summed E-state index contributed by atoms with van der Waals surface area (Å²) in [7, 11) is 0. The van der Waals surface area contributed by atoms with Crippen LogP contribution in [0.2, 0.25) is 0 Å². The summed E-state index contributed by atoms with van der Waals surface area (Å²) < 4.78 is 5.39. The Bertz CT molecular complexity index is 547. The summed E-state index contributed by atoms with van der Waals surface area (Å²) in [4.78, 5) is 6.97. The fourth-order valence-electron chi connectivity index (χ4n) is 2.55.